The zero-order chi connectivity index (χ0) is 11.0. The number of hydrogen-bond acceptors (Lipinski definition) is 3. The summed E-state index contributed by atoms with van der Waals surface area (Å²) in [7, 11) is 2.20. The Hall–Kier alpha value is -0.900. The molecule has 0 bridgehead atoms. The van der Waals surface area contributed by atoms with Crippen molar-refractivity contribution in [2.24, 2.45) is 0 Å². The predicted octanol–water partition coefficient (Wildman–Crippen LogP) is 1.42. The van der Waals surface area contributed by atoms with Crippen LogP contribution in [0.5, 0.6) is 0 Å². The third-order valence-electron chi connectivity index (χ3n) is 3.97. The Morgan fingerprint density at radius 2 is 1.88 bits per heavy atom. The van der Waals surface area contributed by atoms with Crippen LogP contribution in [-0.4, -0.2) is 39.8 Å². The van der Waals surface area contributed by atoms with Gasteiger partial charge in [-0.25, -0.2) is 0 Å². The number of likely N-dealkylation sites (tertiary alicyclic amines) is 1. The van der Waals surface area contributed by atoms with Crippen molar-refractivity contribution >= 4 is 0 Å². The molecule has 0 unspecified atom stereocenters. The standard InChI is InChI=1S/C12H20N4/c1-15-8-5-10(6-9-15)12-14-13-11-4-2-3-7-16(11)12/h10H,2-9H2,1H3. The maximum atomic E-state index is 4.44. The minimum atomic E-state index is 0.649. The van der Waals surface area contributed by atoms with Crippen LogP contribution in [0.1, 0.15) is 43.3 Å². The summed E-state index contributed by atoms with van der Waals surface area (Å²) in [4.78, 5) is 2.41. The van der Waals surface area contributed by atoms with Crippen LogP contribution in [0.2, 0.25) is 0 Å². The fourth-order valence-electron chi connectivity index (χ4n) is 2.90. The summed E-state index contributed by atoms with van der Waals surface area (Å²) in [5.41, 5.74) is 0. The van der Waals surface area contributed by atoms with E-state index < -0.39 is 0 Å². The molecule has 4 heteroatoms. The molecule has 16 heavy (non-hydrogen) atoms. The largest absolute Gasteiger partial charge is 0.315 e. The second kappa shape index (κ2) is 4.17. The molecule has 3 rings (SSSR count). The molecular weight excluding hydrogens is 200 g/mol. The van der Waals surface area contributed by atoms with Gasteiger partial charge in [-0.15, -0.1) is 10.2 Å². The zero-order valence-electron chi connectivity index (χ0n) is 10.0. The number of hydrogen-bond donors (Lipinski definition) is 0. The van der Waals surface area contributed by atoms with E-state index in [2.05, 4.69) is 26.7 Å². The number of piperidine rings is 1. The molecule has 2 aliphatic heterocycles. The maximum absolute atomic E-state index is 4.44. The van der Waals surface area contributed by atoms with E-state index in [1.807, 2.05) is 0 Å². The lowest BCUT2D eigenvalue weighted by Gasteiger charge is -2.29. The van der Waals surface area contributed by atoms with Gasteiger partial charge in [-0.2, -0.15) is 0 Å². The molecule has 0 radical (unpaired) electrons. The van der Waals surface area contributed by atoms with Gasteiger partial charge in [0, 0.05) is 18.9 Å². The molecular formula is C12H20N4. The number of fused-ring (bicyclic) bond motifs is 1. The molecule has 0 N–H and O–H groups in total. The quantitative estimate of drug-likeness (QED) is 0.718. The van der Waals surface area contributed by atoms with Crippen LogP contribution in [0, 0.1) is 0 Å². The highest BCUT2D eigenvalue weighted by Gasteiger charge is 2.25. The average molecular weight is 220 g/mol. The first-order chi connectivity index (χ1) is 7.84. The third kappa shape index (κ3) is 1.75. The van der Waals surface area contributed by atoms with Crippen LogP contribution in [0.15, 0.2) is 0 Å². The van der Waals surface area contributed by atoms with Crippen LogP contribution in [0.4, 0.5) is 0 Å². The van der Waals surface area contributed by atoms with Crippen molar-refractivity contribution in [2.45, 2.75) is 44.6 Å². The summed E-state index contributed by atoms with van der Waals surface area (Å²) in [6.07, 6.45) is 6.19. The van der Waals surface area contributed by atoms with Crippen molar-refractivity contribution in [1.29, 1.82) is 0 Å². The summed E-state index contributed by atoms with van der Waals surface area (Å²) in [6.45, 7) is 3.55. The molecule has 88 valence electrons. The molecule has 1 fully saturated rings. The maximum Gasteiger partial charge on any atom is 0.136 e. The van der Waals surface area contributed by atoms with Gasteiger partial charge >= 0.3 is 0 Å². The minimum absolute atomic E-state index is 0.649. The van der Waals surface area contributed by atoms with Crippen molar-refractivity contribution in [3.63, 3.8) is 0 Å². The number of aromatic nitrogens is 3. The molecule has 4 nitrogen and oxygen atoms in total. The van der Waals surface area contributed by atoms with Gasteiger partial charge < -0.3 is 9.47 Å². The molecule has 0 aliphatic carbocycles. The van der Waals surface area contributed by atoms with Crippen LogP contribution >= 0.6 is 0 Å². The summed E-state index contributed by atoms with van der Waals surface area (Å²) < 4.78 is 2.39. The fraction of sp³-hybridized carbons (Fsp3) is 0.833. The molecule has 0 aromatic carbocycles. The second-order valence-electron chi connectivity index (χ2n) is 5.16. The Morgan fingerprint density at radius 3 is 2.69 bits per heavy atom. The van der Waals surface area contributed by atoms with Crippen LogP contribution in [0.25, 0.3) is 0 Å². The Labute approximate surface area is 96.7 Å². The number of aryl methyl sites for hydroxylation is 1. The molecule has 0 spiro atoms. The first-order valence-electron chi connectivity index (χ1n) is 6.45. The van der Waals surface area contributed by atoms with Crippen molar-refractivity contribution in [3.8, 4) is 0 Å². The molecule has 1 saturated heterocycles. The van der Waals surface area contributed by atoms with Gasteiger partial charge in [0.15, 0.2) is 0 Å². The monoisotopic (exact) mass is 220 g/mol. The molecule has 0 saturated carbocycles. The minimum Gasteiger partial charge on any atom is -0.315 e. The fourth-order valence-corrected chi connectivity index (χ4v) is 2.90. The van der Waals surface area contributed by atoms with E-state index in [1.165, 1.54) is 50.4 Å². The highest BCUT2D eigenvalue weighted by atomic mass is 15.3. The lowest BCUT2D eigenvalue weighted by molar-refractivity contribution is 0.247. The van der Waals surface area contributed by atoms with Gasteiger partial charge in [-0.05, 0) is 45.8 Å². The van der Waals surface area contributed by atoms with Crippen molar-refractivity contribution in [2.75, 3.05) is 20.1 Å². The molecule has 3 heterocycles. The molecule has 1 aromatic rings. The van der Waals surface area contributed by atoms with Crippen molar-refractivity contribution in [3.05, 3.63) is 11.6 Å². The Morgan fingerprint density at radius 1 is 1.06 bits per heavy atom. The second-order valence-corrected chi connectivity index (χ2v) is 5.16. The summed E-state index contributed by atoms with van der Waals surface area (Å²) >= 11 is 0. The van der Waals surface area contributed by atoms with Crippen LogP contribution in [0.3, 0.4) is 0 Å². The molecule has 2 aliphatic rings. The van der Waals surface area contributed by atoms with E-state index in [4.69, 9.17) is 0 Å². The van der Waals surface area contributed by atoms with E-state index >= 15 is 0 Å². The van der Waals surface area contributed by atoms with Crippen LogP contribution in [-0.2, 0) is 13.0 Å². The summed E-state index contributed by atoms with van der Waals surface area (Å²) in [5, 5.41) is 8.79. The first-order valence-corrected chi connectivity index (χ1v) is 6.45. The number of nitrogens with zero attached hydrogens (tertiary/aromatic N) is 4. The first kappa shape index (κ1) is 10.3. The average Bonchev–Trinajstić information content (AvgIpc) is 2.74. The van der Waals surface area contributed by atoms with Gasteiger partial charge in [0.05, 0.1) is 0 Å². The highest BCUT2D eigenvalue weighted by Crippen LogP contribution is 2.28. The van der Waals surface area contributed by atoms with E-state index in [0.717, 1.165) is 13.0 Å². The van der Waals surface area contributed by atoms with Gasteiger partial charge in [-0.3, -0.25) is 0 Å². The molecule has 1 aromatic heterocycles. The van der Waals surface area contributed by atoms with Gasteiger partial charge in [0.25, 0.3) is 0 Å². The third-order valence-corrected chi connectivity index (χ3v) is 3.97. The van der Waals surface area contributed by atoms with E-state index in [9.17, 15) is 0 Å². The molecule has 0 atom stereocenters. The Kier molecular flexibility index (Phi) is 2.67. The van der Waals surface area contributed by atoms with Crippen LogP contribution < -0.4 is 0 Å². The van der Waals surface area contributed by atoms with Crippen molar-refractivity contribution in [1.82, 2.24) is 19.7 Å². The normalized spacial score (nSPS) is 23.3. The predicted molar refractivity (Wildman–Crippen MR) is 62.4 cm³/mol. The van der Waals surface area contributed by atoms with Gasteiger partial charge in [0.1, 0.15) is 11.6 Å². The summed E-state index contributed by atoms with van der Waals surface area (Å²) in [5.74, 6) is 3.14. The highest BCUT2D eigenvalue weighted by molar-refractivity contribution is 5.05. The summed E-state index contributed by atoms with van der Waals surface area (Å²) in [6, 6.07) is 0. The van der Waals surface area contributed by atoms with E-state index in [0.29, 0.717) is 5.92 Å². The smallest absolute Gasteiger partial charge is 0.136 e. The van der Waals surface area contributed by atoms with Crippen molar-refractivity contribution < 1.29 is 0 Å². The topological polar surface area (TPSA) is 34.0 Å². The van der Waals surface area contributed by atoms with E-state index in [1.54, 1.807) is 0 Å². The van der Waals surface area contributed by atoms with Gasteiger partial charge in [-0.1, -0.05) is 0 Å². The molecule has 0 amide bonds. The Bertz CT molecular complexity index is 363. The van der Waals surface area contributed by atoms with E-state index in [-0.39, 0.29) is 0 Å². The van der Waals surface area contributed by atoms with Gasteiger partial charge in [0.2, 0.25) is 0 Å². The lowest BCUT2D eigenvalue weighted by atomic mass is 9.96. The SMILES string of the molecule is CN1CCC(c2nnc3n2CCCC3)CC1. The Balaban J connectivity index is 1.81. The number of rotatable bonds is 1. The zero-order valence-corrected chi connectivity index (χ0v) is 10.0. The lowest BCUT2D eigenvalue weighted by Crippen LogP contribution is -2.30.